The van der Waals surface area contributed by atoms with Gasteiger partial charge in [-0.05, 0) is 53.6 Å². The van der Waals surface area contributed by atoms with Crippen LogP contribution in [-0.2, 0) is 16.1 Å². The Morgan fingerprint density at radius 1 is 1.09 bits per heavy atom. The Hall–Kier alpha value is -4.20. The lowest BCUT2D eigenvalue weighted by Crippen LogP contribution is -2.29. The fraction of sp³-hybridized carbons (Fsp3) is 0.192. The molecule has 174 valence electrons. The van der Waals surface area contributed by atoms with Gasteiger partial charge in [0.25, 0.3) is 11.7 Å². The van der Waals surface area contributed by atoms with Crippen molar-refractivity contribution in [3.63, 3.8) is 0 Å². The first-order valence-corrected chi connectivity index (χ1v) is 10.6. The van der Waals surface area contributed by atoms with Crippen LogP contribution < -0.4 is 9.64 Å². The highest BCUT2D eigenvalue weighted by Gasteiger charge is 2.46. The molecule has 34 heavy (non-hydrogen) atoms. The highest BCUT2D eigenvalue weighted by molar-refractivity contribution is 6.46. The molecule has 1 fully saturated rings. The van der Waals surface area contributed by atoms with Gasteiger partial charge < -0.3 is 19.6 Å². The van der Waals surface area contributed by atoms with E-state index in [1.807, 2.05) is 43.3 Å². The van der Waals surface area contributed by atoms with E-state index in [1.165, 1.54) is 24.1 Å². The summed E-state index contributed by atoms with van der Waals surface area (Å²) in [6.45, 7) is 0.140. The first kappa shape index (κ1) is 23.0. The molecule has 1 atom stereocenters. The maximum atomic E-state index is 14.3. The second-order valence-corrected chi connectivity index (χ2v) is 8.12. The van der Waals surface area contributed by atoms with Gasteiger partial charge in [0.05, 0.1) is 18.7 Å². The van der Waals surface area contributed by atoms with Crippen LogP contribution in [-0.4, -0.2) is 47.9 Å². The molecule has 4 rings (SSSR count). The summed E-state index contributed by atoms with van der Waals surface area (Å²) >= 11 is 0. The lowest BCUT2D eigenvalue weighted by Gasteiger charge is -2.26. The summed E-state index contributed by atoms with van der Waals surface area (Å²) in [7, 11) is 5.14. The number of carbonyl (C=O) groups is 2. The summed E-state index contributed by atoms with van der Waals surface area (Å²) in [5.41, 5.74) is 2.35. The van der Waals surface area contributed by atoms with Crippen molar-refractivity contribution >= 4 is 23.1 Å². The van der Waals surface area contributed by atoms with E-state index in [-0.39, 0.29) is 23.4 Å². The molecule has 7 nitrogen and oxygen atoms in total. The molecular weight excluding hydrogens is 437 g/mol. The van der Waals surface area contributed by atoms with Gasteiger partial charge in [-0.25, -0.2) is 4.39 Å². The molecule has 3 aromatic rings. The molecule has 0 aliphatic carbocycles. The zero-order valence-electron chi connectivity index (χ0n) is 19.0. The maximum Gasteiger partial charge on any atom is 0.295 e. The molecule has 1 aliphatic rings. The predicted octanol–water partition coefficient (Wildman–Crippen LogP) is 3.92. The number of ether oxygens (including phenoxy) is 1. The fourth-order valence-electron chi connectivity index (χ4n) is 4.00. The molecule has 0 saturated carbocycles. The number of hydrogen-bond donors (Lipinski definition) is 1. The number of nitrogens with zero attached hydrogens (tertiary/aromatic N) is 3. The van der Waals surface area contributed by atoms with E-state index in [1.54, 1.807) is 24.5 Å². The highest BCUT2D eigenvalue weighted by Crippen LogP contribution is 2.41. The van der Waals surface area contributed by atoms with Gasteiger partial charge >= 0.3 is 0 Å². The second-order valence-electron chi connectivity index (χ2n) is 8.12. The van der Waals surface area contributed by atoms with Crippen molar-refractivity contribution in [3.05, 3.63) is 95.1 Å². The highest BCUT2D eigenvalue weighted by atomic mass is 19.1. The Morgan fingerprint density at radius 3 is 2.35 bits per heavy atom. The van der Waals surface area contributed by atoms with E-state index in [0.29, 0.717) is 5.56 Å². The third kappa shape index (κ3) is 4.22. The standard InChI is InChI=1S/C26H24FN3O4/c1-29(2)19-7-4-17(5-8-19)23-22(24(31)18-6-9-21(34-3)20(27)14-18)25(32)26(33)30(23)15-16-10-12-28-13-11-16/h4-14,23,31H,15H2,1-3H3/t23-/m1/s1. The summed E-state index contributed by atoms with van der Waals surface area (Å²) in [5.74, 6) is -2.70. The third-order valence-corrected chi connectivity index (χ3v) is 5.79. The molecule has 2 aromatic carbocycles. The minimum atomic E-state index is -0.852. The van der Waals surface area contributed by atoms with Crippen molar-refractivity contribution in [2.45, 2.75) is 12.6 Å². The lowest BCUT2D eigenvalue weighted by atomic mass is 9.95. The van der Waals surface area contributed by atoms with Crippen LogP contribution in [0.1, 0.15) is 22.7 Å². The number of likely N-dealkylation sites (tertiary alicyclic amines) is 1. The average molecular weight is 461 g/mol. The normalized spacial score (nSPS) is 17.2. The van der Waals surface area contributed by atoms with Gasteiger partial charge in [0, 0.05) is 44.3 Å². The number of aromatic nitrogens is 1. The number of amides is 1. The van der Waals surface area contributed by atoms with Crippen molar-refractivity contribution in [1.29, 1.82) is 0 Å². The minimum absolute atomic E-state index is 0.00510. The number of halogens is 1. The molecule has 1 saturated heterocycles. The second kappa shape index (κ2) is 9.35. The van der Waals surface area contributed by atoms with E-state index in [0.717, 1.165) is 17.3 Å². The Morgan fingerprint density at radius 2 is 1.76 bits per heavy atom. The van der Waals surface area contributed by atoms with Crippen molar-refractivity contribution in [3.8, 4) is 5.75 Å². The number of aliphatic hydroxyl groups is 1. The van der Waals surface area contributed by atoms with E-state index in [2.05, 4.69) is 4.98 Å². The number of hydrogen-bond acceptors (Lipinski definition) is 6. The van der Waals surface area contributed by atoms with Gasteiger partial charge in [0.1, 0.15) is 5.76 Å². The van der Waals surface area contributed by atoms with Crippen LogP contribution in [0.3, 0.4) is 0 Å². The monoisotopic (exact) mass is 461 g/mol. The number of rotatable bonds is 6. The summed E-state index contributed by atoms with van der Waals surface area (Å²) < 4.78 is 19.3. The first-order valence-electron chi connectivity index (χ1n) is 10.6. The van der Waals surface area contributed by atoms with Crippen molar-refractivity contribution in [2.24, 2.45) is 0 Å². The molecule has 1 amide bonds. The summed E-state index contributed by atoms with van der Waals surface area (Å²) in [6, 6.07) is 13.9. The number of benzene rings is 2. The molecule has 2 heterocycles. The fourth-order valence-corrected chi connectivity index (χ4v) is 4.00. The number of anilines is 1. The Bertz CT molecular complexity index is 1260. The van der Waals surface area contributed by atoms with Gasteiger partial charge in [-0.15, -0.1) is 0 Å². The maximum absolute atomic E-state index is 14.3. The van der Waals surface area contributed by atoms with Crippen molar-refractivity contribution in [1.82, 2.24) is 9.88 Å². The average Bonchev–Trinajstić information content (AvgIpc) is 3.09. The molecule has 0 spiro atoms. The number of methoxy groups -OCH3 is 1. The first-order chi connectivity index (χ1) is 16.3. The smallest absolute Gasteiger partial charge is 0.295 e. The Balaban J connectivity index is 1.85. The van der Waals surface area contributed by atoms with Crippen LogP contribution in [0.15, 0.2) is 72.6 Å². The Labute approximate surface area is 196 Å². The van der Waals surface area contributed by atoms with Crippen LogP contribution >= 0.6 is 0 Å². The SMILES string of the molecule is COc1ccc(C(O)=C2C(=O)C(=O)N(Cc3ccncc3)[C@@H]2c2ccc(N(C)C)cc2)cc1F. The van der Waals surface area contributed by atoms with Gasteiger partial charge in [-0.2, -0.15) is 0 Å². The molecule has 8 heteroatoms. The van der Waals surface area contributed by atoms with Gasteiger partial charge in [-0.1, -0.05) is 12.1 Å². The summed E-state index contributed by atoms with van der Waals surface area (Å²) in [6.07, 6.45) is 3.21. The molecule has 0 bridgehead atoms. The topological polar surface area (TPSA) is 83.0 Å². The Kier molecular flexibility index (Phi) is 6.32. The van der Waals surface area contributed by atoms with E-state index in [4.69, 9.17) is 4.74 Å². The third-order valence-electron chi connectivity index (χ3n) is 5.79. The van der Waals surface area contributed by atoms with E-state index >= 15 is 0 Å². The molecule has 1 aliphatic heterocycles. The number of carbonyl (C=O) groups excluding carboxylic acids is 2. The van der Waals surface area contributed by atoms with E-state index in [9.17, 15) is 19.1 Å². The van der Waals surface area contributed by atoms with Crippen molar-refractivity contribution < 1.29 is 23.8 Å². The number of pyridine rings is 1. The molecule has 1 N–H and O–H groups in total. The number of aliphatic hydroxyl groups excluding tert-OH is 1. The quantitative estimate of drug-likeness (QED) is 0.340. The summed E-state index contributed by atoms with van der Waals surface area (Å²) in [5, 5.41) is 11.1. The molecule has 0 unspecified atom stereocenters. The zero-order valence-corrected chi connectivity index (χ0v) is 19.0. The van der Waals surface area contributed by atoms with Gasteiger partial charge in [-0.3, -0.25) is 14.6 Å². The zero-order chi connectivity index (χ0) is 24.4. The van der Waals surface area contributed by atoms with E-state index < -0.39 is 29.3 Å². The predicted molar refractivity (Wildman–Crippen MR) is 126 cm³/mol. The van der Waals surface area contributed by atoms with Crippen LogP contribution in [0, 0.1) is 5.82 Å². The van der Waals surface area contributed by atoms with Crippen LogP contribution in [0.5, 0.6) is 5.75 Å². The summed E-state index contributed by atoms with van der Waals surface area (Å²) in [4.78, 5) is 33.6. The molecular formula is C26H24FN3O4. The molecule has 1 aromatic heterocycles. The lowest BCUT2D eigenvalue weighted by molar-refractivity contribution is -0.140. The van der Waals surface area contributed by atoms with Crippen molar-refractivity contribution in [2.75, 3.05) is 26.1 Å². The van der Waals surface area contributed by atoms with Gasteiger partial charge in [0.2, 0.25) is 0 Å². The largest absolute Gasteiger partial charge is 0.507 e. The van der Waals surface area contributed by atoms with Crippen LogP contribution in [0.25, 0.3) is 5.76 Å². The molecule has 0 radical (unpaired) electrons. The van der Waals surface area contributed by atoms with Crippen LogP contribution in [0.2, 0.25) is 0 Å². The number of ketones is 1. The van der Waals surface area contributed by atoms with Gasteiger partial charge in [0.15, 0.2) is 11.6 Å². The number of Topliss-reactive ketones (excluding diaryl/α,β-unsaturated/α-hetero) is 1. The van der Waals surface area contributed by atoms with Crippen LogP contribution in [0.4, 0.5) is 10.1 Å². The minimum Gasteiger partial charge on any atom is -0.507 e.